The molecule has 0 radical (unpaired) electrons. The smallest absolute Gasteiger partial charge is 0.254 e. The van der Waals surface area contributed by atoms with Gasteiger partial charge in [0.05, 0.1) is 22.6 Å². The van der Waals surface area contributed by atoms with Crippen molar-refractivity contribution >= 4 is 63.9 Å². The van der Waals surface area contributed by atoms with Gasteiger partial charge in [-0.15, -0.1) is 23.2 Å². The van der Waals surface area contributed by atoms with Gasteiger partial charge in [0.25, 0.3) is 5.91 Å². The fourth-order valence-electron chi connectivity index (χ4n) is 3.49. The average Bonchev–Trinajstić information content (AvgIpc) is 3.57. The Balaban J connectivity index is 1.51. The predicted molar refractivity (Wildman–Crippen MR) is 117 cm³/mol. The zero-order valence-corrected chi connectivity index (χ0v) is 18.7. The van der Waals surface area contributed by atoms with E-state index in [9.17, 15) is 14.0 Å². The van der Waals surface area contributed by atoms with E-state index in [2.05, 4.69) is 16.7 Å². The molecule has 2 aromatic rings. The van der Waals surface area contributed by atoms with Crippen LogP contribution in [0.4, 0.5) is 10.1 Å². The van der Waals surface area contributed by atoms with E-state index in [0.717, 1.165) is 6.07 Å². The van der Waals surface area contributed by atoms with Crippen LogP contribution in [0.2, 0.25) is 10.0 Å². The highest BCUT2D eigenvalue weighted by Crippen LogP contribution is 2.65. The second-order valence-electron chi connectivity index (χ2n) is 7.66. The van der Waals surface area contributed by atoms with E-state index in [-0.39, 0.29) is 15.6 Å². The molecule has 2 aromatic carbocycles. The quantitative estimate of drug-likeness (QED) is 0.536. The number of amides is 2. The predicted octanol–water partition coefficient (Wildman–Crippen LogP) is 5.44. The lowest BCUT2D eigenvalue weighted by molar-refractivity contribution is -0.117. The Morgan fingerprint density at radius 1 is 1.13 bits per heavy atom. The summed E-state index contributed by atoms with van der Waals surface area (Å²) in [4.78, 5) is 25.3. The van der Waals surface area contributed by atoms with Crippen LogP contribution in [0.5, 0.6) is 0 Å². The molecule has 160 valence electrons. The van der Waals surface area contributed by atoms with Gasteiger partial charge in [0, 0.05) is 16.6 Å². The maximum Gasteiger partial charge on any atom is 0.254 e. The van der Waals surface area contributed by atoms with E-state index in [1.54, 1.807) is 0 Å². The summed E-state index contributed by atoms with van der Waals surface area (Å²) in [7, 11) is 0. The molecule has 0 aliphatic heterocycles. The number of carbonyl (C=O) groups is 2. The number of nitrogens with one attached hydrogen (secondary N) is 2. The number of benzene rings is 2. The summed E-state index contributed by atoms with van der Waals surface area (Å²) in [6, 6.07) is 10.3. The molecule has 0 unspecified atom stereocenters. The fourth-order valence-corrected chi connectivity index (χ4v) is 4.76. The summed E-state index contributed by atoms with van der Waals surface area (Å²) in [6.45, 7) is 0. The first kappa shape index (κ1) is 22.2. The Labute approximate surface area is 197 Å². The Hall–Kier alpha value is -2.04. The van der Waals surface area contributed by atoms with Gasteiger partial charge in [0.15, 0.2) is 0 Å². The number of nitrogens with zero attached hydrogens (tertiary/aromatic N) is 1. The first-order chi connectivity index (χ1) is 14.6. The van der Waals surface area contributed by atoms with E-state index in [4.69, 9.17) is 51.7 Å². The van der Waals surface area contributed by atoms with Crippen LogP contribution in [0, 0.1) is 23.1 Å². The van der Waals surface area contributed by atoms with Gasteiger partial charge in [-0.25, -0.2) is 4.39 Å². The summed E-state index contributed by atoms with van der Waals surface area (Å²) in [5.74, 6) is -3.07. The highest BCUT2D eigenvalue weighted by molar-refractivity contribution is 6.53. The minimum absolute atomic E-state index is 0.119. The zero-order valence-electron chi connectivity index (χ0n) is 15.7. The first-order valence-electron chi connectivity index (χ1n) is 9.24. The molecule has 0 spiro atoms. The second kappa shape index (κ2) is 7.83. The SMILES string of the molecule is N#CC1(NC(=O)c2cc(NC(=O)[C@H]3[C@H](c4cc(F)cc(Cl)c4)C3(Cl)Cl)ccc2Cl)CC1. The van der Waals surface area contributed by atoms with Gasteiger partial charge >= 0.3 is 0 Å². The lowest BCUT2D eigenvalue weighted by atomic mass is 10.1. The molecule has 5 nitrogen and oxygen atoms in total. The lowest BCUT2D eigenvalue weighted by Gasteiger charge is -2.12. The molecule has 0 heterocycles. The van der Waals surface area contributed by atoms with Gasteiger partial charge in [0.2, 0.25) is 5.91 Å². The summed E-state index contributed by atoms with van der Waals surface area (Å²) in [5.41, 5.74) is -0.0245. The summed E-state index contributed by atoms with van der Waals surface area (Å²) < 4.78 is 12.3. The van der Waals surface area contributed by atoms with Crippen molar-refractivity contribution in [3.63, 3.8) is 0 Å². The Bertz CT molecular complexity index is 1120. The van der Waals surface area contributed by atoms with Gasteiger partial charge < -0.3 is 10.6 Å². The number of rotatable bonds is 5. The van der Waals surface area contributed by atoms with E-state index in [0.29, 0.717) is 24.1 Å². The first-order valence-corrected chi connectivity index (χ1v) is 10.8. The van der Waals surface area contributed by atoms with E-state index >= 15 is 0 Å². The van der Waals surface area contributed by atoms with Gasteiger partial charge in [-0.1, -0.05) is 23.2 Å². The maximum absolute atomic E-state index is 13.7. The second-order valence-corrected chi connectivity index (χ2v) is 9.95. The number of hydrogen-bond acceptors (Lipinski definition) is 3. The fraction of sp³-hybridized carbons (Fsp3) is 0.286. The largest absolute Gasteiger partial charge is 0.334 e. The third-order valence-corrected chi connectivity index (χ3v) is 6.86. The molecule has 31 heavy (non-hydrogen) atoms. The molecular weight excluding hydrogens is 487 g/mol. The number of alkyl halides is 2. The molecule has 2 saturated carbocycles. The number of hydrogen-bond donors (Lipinski definition) is 2. The van der Waals surface area contributed by atoms with Crippen molar-refractivity contribution in [2.75, 3.05) is 5.32 Å². The van der Waals surface area contributed by atoms with Gasteiger partial charge in [0.1, 0.15) is 15.7 Å². The van der Waals surface area contributed by atoms with Crippen LogP contribution in [-0.2, 0) is 4.79 Å². The van der Waals surface area contributed by atoms with Crippen LogP contribution in [0.15, 0.2) is 36.4 Å². The highest BCUT2D eigenvalue weighted by Gasteiger charge is 2.67. The van der Waals surface area contributed by atoms with E-state index < -0.39 is 39.3 Å². The molecule has 2 aliphatic rings. The van der Waals surface area contributed by atoms with Gasteiger partial charge in [-0.2, -0.15) is 5.26 Å². The Kier molecular flexibility index (Phi) is 5.60. The van der Waals surface area contributed by atoms with Crippen LogP contribution >= 0.6 is 46.4 Å². The van der Waals surface area contributed by atoms with Gasteiger partial charge in [-0.05, 0) is 54.8 Å². The topological polar surface area (TPSA) is 82.0 Å². The van der Waals surface area contributed by atoms with E-state index in [1.807, 2.05) is 0 Å². The summed E-state index contributed by atoms with van der Waals surface area (Å²) in [5, 5.41) is 14.8. The van der Waals surface area contributed by atoms with Crippen molar-refractivity contribution in [1.82, 2.24) is 5.32 Å². The molecule has 0 saturated heterocycles. The van der Waals surface area contributed by atoms with Crippen molar-refractivity contribution in [3.05, 3.63) is 63.4 Å². The average molecular weight is 501 g/mol. The van der Waals surface area contributed by atoms with Crippen molar-refractivity contribution in [1.29, 1.82) is 5.26 Å². The molecule has 0 aromatic heterocycles. The molecule has 2 N–H and O–H groups in total. The third-order valence-electron chi connectivity index (χ3n) is 5.38. The molecule has 10 heteroatoms. The molecular formula is C21H14Cl4FN3O2. The van der Waals surface area contributed by atoms with Crippen LogP contribution in [0.25, 0.3) is 0 Å². The summed E-state index contributed by atoms with van der Waals surface area (Å²) >= 11 is 24.6. The maximum atomic E-state index is 13.7. The minimum atomic E-state index is -1.43. The Morgan fingerprint density at radius 3 is 2.45 bits per heavy atom. The van der Waals surface area contributed by atoms with Gasteiger partial charge in [-0.3, -0.25) is 9.59 Å². The van der Waals surface area contributed by atoms with E-state index in [1.165, 1.54) is 30.3 Å². The molecule has 2 aliphatic carbocycles. The molecule has 4 rings (SSSR count). The number of anilines is 1. The zero-order chi connectivity index (χ0) is 22.6. The normalized spacial score (nSPS) is 22.2. The molecule has 2 fully saturated rings. The number of carbonyl (C=O) groups excluding carboxylic acids is 2. The van der Waals surface area contributed by atoms with Crippen LogP contribution in [0.1, 0.15) is 34.7 Å². The molecule has 2 amide bonds. The lowest BCUT2D eigenvalue weighted by Crippen LogP contribution is -2.35. The van der Waals surface area contributed by atoms with Crippen LogP contribution in [0.3, 0.4) is 0 Å². The monoisotopic (exact) mass is 499 g/mol. The van der Waals surface area contributed by atoms with Crippen molar-refractivity contribution < 1.29 is 14.0 Å². The van der Waals surface area contributed by atoms with Crippen molar-refractivity contribution in [2.24, 2.45) is 5.92 Å². The van der Waals surface area contributed by atoms with Crippen molar-refractivity contribution in [3.8, 4) is 6.07 Å². The molecule has 0 bridgehead atoms. The van der Waals surface area contributed by atoms with Crippen LogP contribution in [-0.4, -0.2) is 21.7 Å². The number of halogens is 5. The Morgan fingerprint density at radius 2 is 1.84 bits per heavy atom. The minimum Gasteiger partial charge on any atom is -0.334 e. The molecule has 2 atom stereocenters. The van der Waals surface area contributed by atoms with Crippen LogP contribution < -0.4 is 10.6 Å². The van der Waals surface area contributed by atoms with Crippen molar-refractivity contribution in [2.45, 2.75) is 28.6 Å². The number of nitriles is 1. The highest BCUT2D eigenvalue weighted by atomic mass is 35.5. The standard InChI is InChI=1S/C21H14Cl4FN3O2/c22-11-5-10(6-12(26)7-11)16-17(21(16,24)25)19(31)28-13-1-2-15(23)14(8-13)18(30)29-20(9-27)3-4-20/h1-2,5-8,16-17H,3-4H2,(H,28,31)(H,29,30)/t16-,17+/m0/s1. The third kappa shape index (κ3) is 4.33. The summed E-state index contributed by atoms with van der Waals surface area (Å²) in [6.07, 6.45) is 1.15.